The largest absolute Gasteiger partial charge is 0.481 e. The highest BCUT2D eigenvalue weighted by molar-refractivity contribution is 5.76. The minimum Gasteiger partial charge on any atom is -0.481 e. The van der Waals surface area contributed by atoms with Gasteiger partial charge < -0.3 is 9.84 Å². The van der Waals surface area contributed by atoms with E-state index in [1.165, 1.54) is 0 Å². The van der Waals surface area contributed by atoms with Crippen LogP contribution in [-0.4, -0.2) is 48.8 Å². The number of carboxylic acids is 1. The van der Waals surface area contributed by atoms with E-state index in [-0.39, 0.29) is 0 Å². The quantitative estimate of drug-likeness (QED) is 0.736. The van der Waals surface area contributed by atoms with E-state index in [4.69, 9.17) is 4.74 Å². The van der Waals surface area contributed by atoms with Crippen molar-refractivity contribution >= 4 is 5.97 Å². The lowest BCUT2D eigenvalue weighted by atomic mass is 9.81. The fourth-order valence-corrected chi connectivity index (χ4v) is 3.43. The number of carbonyl (C=O) groups is 1. The summed E-state index contributed by atoms with van der Waals surface area (Å²) < 4.78 is 5.58. The predicted octanol–water partition coefficient (Wildman–Crippen LogP) is 1.85. The fraction of sp³-hybridized carbons (Fsp3) is 0.929. The summed E-state index contributed by atoms with van der Waals surface area (Å²) in [6.45, 7) is 8.33. The second kappa shape index (κ2) is 5.57. The van der Waals surface area contributed by atoms with Gasteiger partial charge in [0.05, 0.1) is 12.0 Å². The lowest BCUT2D eigenvalue weighted by Gasteiger charge is -2.23. The average Bonchev–Trinajstić information content (AvgIpc) is 2.80. The van der Waals surface area contributed by atoms with Crippen molar-refractivity contribution in [3.05, 3.63) is 0 Å². The third-order valence-electron chi connectivity index (χ3n) is 4.37. The molecule has 1 heterocycles. The molecule has 0 aromatic carbocycles. The molecule has 0 aromatic rings. The minimum absolute atomic E-state index is 0.361. The van der Waals surface area contributed by atoms with Crippen molar-refractivity contribution in [3.8, 4) is 0 Å². The summed E-state index contributed by atoms with van der Waals surface area (Å²) in [7, 11) is 0. The molecule has 1 saturated heterocycles. The molecule has 104 valence electrons. The zero-order chi connectivity index (χ0) is 13.2. The number of hydrogen-bond donors (Lipinski definition) is 1. The Hall–Kier alpha value is -0.610. The first-order valence-electron chi connectivity index (χ1n) is 7.08. The second-order valence-electron chi connectivity index (χ2n) is 6.25. The SMILES string of the molecule is CC(C)COCCN1C[C@@H]2CCC[C@@]2(C(=O)O)C1. The highest BCUT2D eigenvalue weighted by atomic mass is 16.5. The van der Waals surface area contributed by atoms with Crippen LogP contribution in [0.25, 0.3) is 0 Å². The number of carboxylic acid groups (broad SMARTS) is 1. The van der Waals surface area contributed by atoms with Crippen LogP contribution in [0.5, 0.6) is 0 Å². The normalized spacial score (nSPS) is 32.1. The van der Waals surface area contributed by atoms with Crippen LogP contribution in [-0.2, 0) is 9.53 Å². The highest BCUT2D eigenvalue weighted by Crippen LogP contribution is 2.48. The Kier molecular flexibility index (Phi) is 4.28. The van der Waals surface area contributed by atoms with Crippen LogP contribution in [0.4, 0.5) is 0 Å². The molecule has 4 heteroatoms. The molecule has 2 aliphatic rings. The Balaban J connectivity index is 1.79. The predicted molar refractivity (Wildman–Crippen MR) is 69.5 cm³/mol. The molecule has 0 aromatic heterocycles. The van der Waals surface area contributed by atoms with Gasteiger partial charge in [0.1, 0.15) is 0 Å². The molecule has 4 nitrogen and oxygen atoms in total. The molecule has 0 amide bonds. The van der Waals surface area contributed by atoms with E-state index in [9.17, 15) is 9.90 Å². The van der Waals surface area contributed by atoms with Gasteiger partial charge in [-0.25, -0.2) is 0 Å². The lowest BCUT2D eigenvalue weighted by molar-refractivity contribution is -0.149. The van der Waals surface area contributed by atoms with E-state index in [1.807, 2.05) is 0 Å². The minimum atomic E-state index is -0.587. The van der Waals surface area contributed by atoms with Crippen LogP contribution in [0, 0.1) is 17.3 Å². The topological polar surface area (TPSA) is 49.8 Å². The summed E-state index contributed by atoms with van der Waals surface area (Å²) in [6, 6.07) is 0. The maximum Gasteiger partial charge on any atom is 0.311 e. The van der Waals surface area contributed by atoms with Crippen LogP contribution in [0.1, 0.15) is 33.1 Å². The summed E-state index contributed by atoms with van der Waals surface area (Å²) >= 11 is 0. The van der Waals surface area contributed by atoms with Crippen LogP contribution < -0.4 is 0 Å². The first-order valence-corrected chi connectivity index (χ1v) is 7.08. The van der Waals surface area contributed by atoms with Gasteiger partial charge in [0.15, 0.2) is 0 Å². The first-order chi connectivity index (χ1) is 8.54. The van der Waals surface area contributed by atoms with Gasteiger partial charge in [-0.15, -0.1) is 0 Å². The smallest absolute Gasteiger partial charge is 0.311 e. The highest BCUT2D eigenvalue weighted by Gasteiger charge is 2.54. The van der Waals surface area contributed by atoms with Crippen molar-refractivity contribution in [2.45, 2.75) is 33.1 Å². The van der Waals surface area contributed by atoms with Gasteiger partial charge in [0.25, 0.3) is 0 Å². The monoisotopic (exact) mass is 255 g/mol. The van der Waals surface area contributed by atoms with Crippen molar-refractivity contribution < 1.29 is 14.6 Å². The van der Waals surface area contributed by atoms with Gasteiger partial charge in [-0.05, 0) is 24.7 Å². The van der Waals surface area contributed by atoms with E-state index in [0.29, 0.717) is 11.8 Å². The van der Waals surface area contributed by atoms with E-state index >= 15 is 0 Å². The number of likely N-dealkylation sites (tertiary alicyclic amines) is 1. The summed E-state index contributed by atoms with van der Waals surface area (Å²) in [4.78, 5) is 13.8. The van der Waals surface area contributed by atoms with Crippen LogP contribution in [0.3, 0.4) is 0 Å². The molecule has 2 fully saturated rings. The third-order valence-corrected chi connectivity index (χ3v) is 4.37. The molecule has 1 N–H and O–H groups in total. The van der Waals surface area contributed by atoms with Gasteiger partial charge in [0, 0.05) is 26.2 Å². The molecular formula is C14H25NO3. The number of rotatable bonds is 6. The van der Waals surface area contributed by atoms with Crippen molar-refractivity contribution in [2.24, 2.45) is 17.3 Å². The Morgan fingerprint density at radius 2 is 2.33 bits per heavy atom. The van der Waals surface area contributed by atoms with E-state index < -0.39 is 11.4 Å². The molecule has 0 unspecified atom stereocenters. The van der Waals surface area contributed by atoms with Gasteiger partial charge in [-0.2, -0.15) is 0 Å². The zero-order valence-corrected chi connectivity index (χ0v) is 11.5. The zero-order valence-electron chi connectivity index (χ0n) is 11.5. The van der Waals surface area contributed by atoms with E-state index in [0.717, 1.165) is 52.1 Å². The van der Waals surface area contributed by atoms with Crippen molar-refractivity contribution in [2.75, 3.05) is 32.8 Å². The van der Waals surface area contributed by atoms with Crippen LogP contribution in [0.15, 0.2) is 0 Å². The van der Waals surface area contributed by atoms with Gasteiger partial charge in [-0.1, -0.05) is 20.3 Å². The van der Waals surface area contributed by atoms with Crippen molar-refractivity contribution in [1.82, 2.24) is 4.90 Å². The third kappa shape index (κ3) is 2.69. The molecule has 0 spiro atoms. The molecule has 2 rings (SSSR count). The van der Waals surface area contributed by atoms with E-state index in [1.54, 1.807) is 0 Å². The lowest BCUT2D eigenvalue weighted by Crippen LogP contribution is -2.36. The summed E-state index contributed by atoms with van der Waals surface area (Å²) in [5.41, 5.74) is -0.446. The molecule has 18 heavy (non-hydrogen) atoms. The number of hydrogen-bond acceptors (Lipinski definition) is 3. The summed E-state index contributed by atoms with van der Waals surface area (Å²) in [5, 5.41) is 9.48. The molecule has 1 aliphatic heterocycles. The first kappa shape index (κ1) is 13.8. The standard InChI is InChI=1S/C14H25NO3/c1-11(2)9-18-7-6-15-8-12-4-3-5-14(12,10-15)13(16)17/h11-12H,3-10H2,1-2H3,(H,16,17)/t12-,14+/m0/s1. The molecule has 0 radical (unpaired) electrons. The number of fused-ring (bicyclic) bond motifs is 1. The Morgan fingerprint density at radius 1 is 1.56 bits per heavy atom. The fourth-order valence-electron chi connectivity index (χ4n) is 3.43. The Labute approximate surface area is 109 Å². The molecule has 1 saturated carbocycles. The molecule has 1 aliphatic carbocycles. The number of aliphatic carboxylic acids is 1. The van der Waals surface area contributed by atoms with Gasteiger partial charge in [-0.3, -0.25) is 9.69 Å². The Bertz CT molecular complexity index is 305. The van der Waals surface area contributed by atoms with Crippen molar-refractivity contribution in [3.63, 3.8) is 0 Å². The Morgan fingerprint density at radius 3 is 2.94 bits per heavy atom. The number of ether oxygens (including phenoxy) is 1. The molecular weight excluding hydrogens is 230 g/mol. The number of nitrogens with zero attached hydrogens (tertiary/aromatic N) is 1. The average molecular weight is 255 g/mol. The second-order valence-corrected chi connectivity index (χ2v) is 6.25. The van der Waals surface area contributed by atoms with Crippen molar-refractivity contribution in [1.29, 1.82) is 0 Å². The van der Waals surface area contributed by atoms with Crippen LogP contribution >= 0.6 is 0 Å². The van der Waals surface area contributed by atoms with E-state index in [2.05, 4.69) is 18.7 Å². The molecule has 2 atom stereocenters. The maximum atomic E-state index is 11.5. The summed E-state index contributed by atoms with van der Waals surface area (Å²) in [5.74, 6) is 0.337. The van der Waals surface area contributed by atoms with Gasteiger partial charge >= 0.3 is 5.97 Å². The molecule has 0 bridgehead atoms. The van der Waals surface area contributed by atoms with Gasteiger partial charge in [0.2, 0.25) is 0 Å². The maximum absolute atomic E-state index is 11.5. The summed E-state index contributed by atoms with van der Waals surface area (Å²) in [6.07, 6.45) is 3.01. The van der Waals surface area contributed by atoms with Crippen LogP contribution in [0.2, 0.25) is 0 Å².